The first kappa shape index (κ1) is 15.5. The van der Waals surface area contributed by atoms with Gasteiger partial charge in [0, 0.05) is 24.8 Å². The molecule has 2 aromatic rings. The molecule has 110 valence electrons. The molecule has 1 aromatic heterocycles. The van der Waals surface area contributed by atoms with E-state index >= 15 is 0 Å². The van der Waals surface area contributed by atoms with Crippen LogP contribution in [0.15, 0.2) is 42.5 Å². The fourth-order valence-electron chi connectivity index (χ4n) is 2.24. The van der Waals surface area contributed by atoms with Crippen molar-refractivity contribution < 1.29 is 4.79 Å². The van der Waals surface area contributed by atoms with E-state index in [4.69, 9.17) is 11.6 Å². The summed E-state index contributed by atoms with van der Waals surface area (Å²) in [6.07, 6.45) is 1.90. The number of nitrogens with zero attached hydrogens (tertiary/aromatic N) is 2. The number of benzene rings is 1. The highest BCUT2D eigenvalue weighted by Gasteiger charge is 2.12. The minimum absolute atomic E-state index is 0.0181. The number of hydrogen-bond acceptors (Lipinski definition) is 2. The molecule has 4 heteroatoms. The van der Waals surface area contributed by atoms with Crippen molar-refractivity contribution in [2.24, 2.45) is 0 Å². The van der Waals surface area contributed by atoms with E-state index in [0.29, 0.717) is 17.3 Å². The highest BCUT2D eigenvalue weighted by atomic mass is 35.5. The van der Waals surface area contributed by atoms with Gasteiger partial charge in [0.05, 0.1) is 0 Å². The fourth-order valence-corrected chi connectivity index (χ4v) is 2.49. The van der Waals surface area contributed by atoms with Crippen molar-refractivity contribution in [3.05, 3.63) is 64.4 Å². The minimum Gasteiger partial charge on any atom is -0.342 e. The Balaban J connectivity index is 1.90. The van der Waals surface area contributed by atoms with E-state index in [1.165, 1.54) is 5.56 Å². The van der Waals surface area contributed by atoms with Gasteiger partial charge in [0.1, 0.15) is 5.15 Å². The largest absolute Gasteiger partial charge is 0.342 e. The Kier molecular flexibility index (Phi) is 5.34. The zero-order valence-corrected chi connectivity index (χ0v) is 13.1. The van der Waals surface area contributed by atoms with E-state index in [2.05, 4.69) is 17.1 Å². The number of pyridine rings is 1. The Labute approximate surface area is 130 Å². The van der Waals surface area contributed by atoms with E-state index in [0.717, 1.165) is 18.5 Å². The first-order valence-corrected chi connectivity index (χ1v) is 7.37. The van der Waals surface area contributed by atoms with Gasteiger partial charge in [0.2, 0.25) is 0 Å². The average Bonchev–Trinajstić information content (AvgIpc) is 2.46. The Hall–Kier alpha value is -1.87. The molecule has 0 saturated carbocycles. The predicted molar refractivity (Wildman–Crippen MR) is 85.7 cm³/mol. The van der Waals surface area contributed by atoms with Gasteiger partial charge in [-0.3, -0.25) is 4.79 Å². The highest BCUT2D eigenvalue weighted by molar-refractivity contribution is 6.29. The maximum absolute atomic E-state index is 12.3. The van der Waals surface area contributed by atoms with Crippen molar-refractivity contribution in [1.29, 1.82) is 0 Å². The lowest BCUT2D eigenvalue weighted by Crippen LogP contribution is -2.28. The molecule has 0 saturated heterocycles. The topological polar surface area (TPSA) is 33.2 Å². The molecule has 1 aromatic carbocycles. The molecule has 0 aliphatic carbocycles. The lowest BCUT2D eigenvalue weighted by atomic mass is 10.1. The number of rotatable bonds is 5. The summed E-state index contributed by atoms with van der Waals surface area (Å²) in [7, 11) is 1.82. The van der Waals surface area contributed by atoms with Gasteiger partial charge in [-0.05, 0) is 37.5 Å². The predicted octanol–water partition coefficient (Wildman–Crippen LogP) is 3.75. The Morgan fingerprint density at radius 1 is 1.24 bits per heavy atom. The molecule has 0 aliphatic rings. The zero-order valence-electron chi connectivity index (χ0n) is 12.3. The van der Waals surface area contributed by atoms with Crippen molar-refractivity contribution in [1.82, 2.24) is 9.88 Å². The Morgan fingerprint density at radius 3 is 2.62 bits per heavy atom. The van der Waals surface area contributed by atoms with E-state index in [9.17, 15) is 4.79 Å². The minimum atomic E-state index is -0.0181. The highest BCUT2D eigenvalue weighted by Crippen LogP contribution is 2.12. The van der Waals surface area contributed by atoms with Crippen molar-refractivity contribution in [2.45, 2.75) is 19.8 Å². The maximum Gasteiger partial charge on any atom is 0.253 e. The molecule has 0 fully saturated rings. The van der Waals surface area contributed by atoms with Gasteiger partial charge in [-0.15, -0.1) is 0 Å². The smallest absolute Gasteiger partial charge is 0.253 e. The number of aromatic nitrogens is 1. The van der Waals surface area contributed by atoms with E-state index in [-0.39, 0.29) is 5.91 Å². The van der Waals surface area contributed by atoms with Crippen LogP contribution in [0.2, 0.25) is 5.15 Å². The summed E-state index contributed by atoms with van der Waals surface area (Å²) in [5.74, 6) is -0.0181. The summed E-state index contributed by atoms with van der Waals surface area (Å²) in [5.41, 5.74) is 2.64. The van der Waals surface area contributed by atoms with Crippen molar-refractivity contribution in [3.8, 4) is 0 Å². The standard InChI is InChI=1S/C17H19ClN2O/c1-13-11-15(12-16(18)19-13)17(21)20(2)10-6-9-14-7-4-3-5-8-14/h3-5,7-8,11-12H,6,9-10H2,1-2H3. The van der Waals surface area contributed by atoms with Gasteiger partial charge in [-0.25, -0.2) is 4.98 Å². The third-order valence-electron chi connectivity index (χ3n) is 3.32. The number of amides is 1. The third kappa shape index (κ3) is 4.57. The van der Waals surface area contributed by atoms with E-state index in [1.807, 2.05) is 32.2 Å². The second-order valence-corrected chi connectivity index (χ2v) is 5.52. The molecule has 0 spiro atoms. The van der Waals surface area contributed by atoms with Crippen LogP contribution in [0.5, 0.6) is 0 Å². The summed E-state index contributed by atoms with van der Waals surface area (Å²) >= 11 is 5.90. The molecular formula is C17H19ClN2O. The third-order valence-corrected chi connectivity index (χ3v) is 3.51. The maximum atomic E-state index is 12.3. The normalized spacial score (nSPS) is 10.4. The second-order valence-electron chi connectivity index (χ2n) is 5.14. The molecule has 21 heavy (non-hydrogen) atoms. The first-order valence-electron chi connectivity index (χ1n) is 7.00. The van der Waals surface area contributed by atoms with Gasteiger partial charge < -0.3 is 4.90 Å². The number of halogens is 1. The number of aryl methyl sites for hydroxylation is 2. The van der Waals surface area contributed by atoms with Gasteiger partial charge in [0.15, 0.2) is 0 Å². The second kappa shape index (κ2) is 7.23. The average molecular weight is 303 g/mol. The van der Waals surface area contributed by atoms with Crippen LogP contribution in [0.25, 0.3) is 0 Å². The lowest BCUT2D eigenvalue weighted by Gasteiger charge is -2.17. The number of hydrogen-bond donors (Lipinski definition) is 0. The molecule has 1 heterocycles. The van der Waals surface area contributed by atoms with Crippen LogP contribution in [0.1, 0.15) is 28.0 Å². The molecule has 0 atom stereocenters. The van der Waals surface area contributed by atoms with Gasteiger partial charge >= 0.3 is 0 Å². The molecule has 0 aliphatic heterocycles. The van der Waals surface area contributed by atoms with Gasteiger partial charge in [-0.2, -0.15) is 0 Å². The van der Waals surface area contributed by atoms with Crippen LogP contribution in [-0.2, 0) is 6.42 Å². The van der Waals surface area contributed by atoms with E-state index < -0.39 is 0 Å². The van der Waals surface area contributed by atoms with Crippen molar-refractivity contribution in [3.63, 3.8) is 0 Å². The van der Waals surface area contributed by atoms with Gasteiger partial charge in [0.25, 0.3) is 5.91 Å². The summed E-state index contributed by atoms with van der Waals surface area (Å²) < 4.78 is 0. The SMILES string of the molecule is Cc1cc(C(=O)N(C)CCCc2ccccc2)cc(Cl)n1. The summed E-state index contributed by atoms with van der Waals surface area (Å²) in [5, 5.41) is 0.357. The van der Waals surface area contributed by atoms with Crippen LogP contribution >= 0.6 is 11.6 Å². The van der Waals surface area contributed by atoms with E-state index in [1.54, 1.807) is 17.0 Å². The molecular weight excluding hydrogens is 284 g/mol. The van der Waals surface area contributed by atoms with Gasteiger partial charge in [-0.1, -0.05) is 41.9 Å². The number of carbonyl (C=O) groups is 1. The summed E-state index contributed by atoms with van der Waals surface area (Å²) in [6, 6.07) is 13.7. The Bertz CT molecular complexity index is 593. The summed E-state index contributed by atoms with van der Waals surface area (Å²) in [4.78, 5) is 18.1. The molecule has 0 N–H and O–H groups in total. The molecule has 2 rings (SSSR count). The summed E-state index contributed by atoms with van der Waals surface area (Å²) in [6.45, 7) is 2.55. The van der Waals surface area contributed by atoms with Crippen LogP contribution in [0.4, 0.5) is 0 Å². The van der Waals surface area contributed by atoms with Crippen LogP contribution in [0, 0.1) is 6.92 Å². The van der Waals surface area contributed by atoms with Crippen LogP contribution in [-0.4, -0.2) is 29.4 Å². The van der Waals surface area contributed by atoms with Crippen LogP contribution < -0.4 is 0 Å². The zero-order chi connectivity index (χ0) is 15.2. The first-order chi connectivity index (χ1) is 10.1. The molecule has 3 nitrogen and oxygen atoms in total. The molecule has 0 unspecified atom stereocenters. The fraction of sp³-hybridized carbons (Fsp3) is 0.294. The monoisotopic (exact) mass is 302 g/mol. The molecule has 0 radical (unpaired) electrons. The van der Waals surface area contributed by atoms with Crippen LogP contribution in [0.3, 0.4) is 0 Å². The molecule has 0 bridgehead atoms. The Morgan fingerprint density at radius 2 is 1.95 bits per heavy atom. The number of carbonyl (C=O) groups excluding carboxylic acids is 1. The molecule has 1 amide bonds. The van der Waals surface area contributed by atoms with Crippen molar-refractivity contribution in [2.75, 3.05) is 13.6 Å². The van der Waals surface area contributed by atoms with Crippen molar-refractivity contribution >= 4 is 17.5 Å². The lowest BCUT2D eigenvalue weighted by molar-refractivity contribution is 0.0793. The quantitative estimate of drug-likeness (QED) is 0.788.